The average molecular weight is 169 g/mol. The van der Waals surface area contributed by atoms with Gasteiger partial charge in [0.1, 0.15) is 0 Å². The summed E-state index contributed by atoms with van der Waals surface area (Å²) in [7, 11) is 0. The first-order chi connectivity index (χ1) is 5.93. The van der Waals surface area contributed by atoms with Gasteiger partial charge in [-0.2, -0.15) is 0 Å². The smallest absolute Gasteiger partial charge is 0.0480 e. The molecular weight excluding hydrogens is 150 g/mol. The molecule has 0 bridgehead atoms. The molecule has 1 heterocycles. The first-order valence-corrected chi connectivity index (χ1v) is 4.85. The Morgan fingerprint density at radius 1 is 1.42 bits per heavy atom. The van der Waals surface area contributed by atoms with E-state index in [1.165, 1.54) is 19.3 Å². The van der Waals surface area contributed by atoms with Gasteiger partial charge in [0.05, 0.1) is 0 Å². The van der Waals surface area contributed by atoms with Crippen LogP contribution in [0.5, 0.6) is 0 Å². The average Bonchev–Trinajstić information content (AvgIpc) is 2.14. The van der Waals surface area contributed by atoms with Crippen LogP contribution in [0.25, 0.3) is 0 Å². The monoisotopic (exact) mass is 169 g/mol. The topological polar surface area (TPSA) is 21.3 Å². The Morgan fingerprint density at radius 2 is 2.17 bits per heavy atom. The largest absolute Gasteiger partial charge is 0.381 e. The zero-order chi connectivity index (χ0) is 8.65. The van der Waals surface area contributed by atoms with E-state index in [1.807, 2.05) is 6.08 Å². The van der Waals surface area contributed by atoms with Crippen LogP contribution in [0.1, 0.15) is 25.7 Å². The highest BCUT2D eigenvalue weighted by atomic mass is 16.5. The summed E-state index contributed by atoms with van der Waals surface area (Å²) in [4.78, 5) is 0. The Balaban J connectivity index is 1.94. The lowest BCUT2D eigenvalue weighted by Gasteiger charge is -2.22. The van der Waals surface area contributed by atoms with Crippen LogP contribution in [0.2, 0.25) is 0 Å². The molecule has 0 unspecified atom stereocenters. The highest BCUT2D eigenvalue weighted by Crippen LogP contribution is 2.05. The first kappa shape index (κ1) is 9.75. The summed E-state index contributed by atoms with van der Waals surface area (Å²) in [5.74, 6) is 0. The van der Waals surface area contributed by atoms with E-state index in [0.717, 1.165) is 26.2 Å². The Labute approximate surface area is 75.0 Å². The predicted octanol–water partition coefficient (Wildman–Crippen LogP) is 1.72. The summed E-state index contributed by atoms with van der Waals surface area (Å²) in [5.41, 5.74) is 0. The third-order valence-electron chi connectivity index (χ3n) is 2.24. The van der Waals surface area contributed by atoms with Gasteiger partial charge in [-0.1, -0.05) is 6.08 Å². The van der Waals surface area contributed by atoms with Crippen LogP contribution < -0.4 is 5.32 Å². The van der Waals surface area contributed by atoms with E-state index in [2.05, 4.69) is 11.9 Å². The highest BCUT2D eigenvalue weighted by molar-refractivity contribution is 4.71. The van der Waals surface area contributed by atoms with Crippen molar-refractivity contribution in [2.24, 2.45) is 0 Å². The maximum Gasteiger partial charge on any atom is 0.0480 e. The number of hydrogen-bond donors (Lipinski definition) is 1. The molecule has 0 atom stereocenters. The quantitative estimate of drug-likeness (QED) is 0.500. The second-order valence-electron chi connectivity index (χ2n) is 3.27. The maximum atomic E-state index is 5.27. The number of hydrogen-bond acceptors (Lipinski definition) is 2. The van der Waals surface area contributed by atoms with Gasteiger partial charge in [0.15, 0.2) is 0 Å². The summed E-state index contributed by atoms with van der Waals surface area (Å²) < 4.78 is 5.27. The molecule has 1 aliphatic heterocycles. The molecule has 0 aromatic carbocycles. The van der Waals surface area contributed by atoms with Gasteiger partial charge < -0.3 is 10.1 Å². The van der Waals surface area contributed by atoms with Crippen molar-refractivity contribution in [2.75, 3.05) is 19.8 Å². The summed E-state index contributed by atoms with van der Waals surface area (Å²) in [5, 5.41) is 3.53. The van der Waals surface area contributed by atoms with Crippen LogP contribution in [0.3, 0.4) is 0 Å². The fourth-order valence-electron chi connectivity index (χ4n) is 1.45. The molecule has 1 saturated heterocycles. The fourth-order valence-corrected chi connectivity index (χ4v) is 1.45. The van der Waals surface area contributed by atoms with Crippen molar-refractivity contribution in [1.82, 2.24) is 5.32 Å². The minimum absolute atomic E-state index is 0.698. The minimum atomic E-state index is 0.698. The van der Waals surface area contributed by atoms with E-state index in [1.54, 1.807) is 0 Å². The summed E-state index contributed by atoms with van der Waals surface area (Å²) in [6.07, 6.45) is 6.66. The van der Waals surface area contributed by atoms with Crippen LogP contribution in [-0.4, -0.2) is 25.8 Å². The van der Waals surface area contributed by atoms with Crippen LogP contribution in [-0.2, 0) is 4.74 Å². The van der Waals surface area contributed by atoms with Crippen molar-refractivity contribution in [3.05, 3.63) is 12.7 Å². The summed E-state index contributed by atoms with van der Waals surface area (Å²) in [6.45, 7) is 6.68. The zero-order valence-corrected chi connectivity index (χ0v) is 7.72. The molecule has 1 fully saturated rings. The van der Waals surface area contributed by atoms with Crippen LogP contribution >= 0.6 is 0 Å². The SMILES string of the molecule is C=CCCCNC1CCOCC1. The Bertz CT molecular complexity index is 119. The lowest BCUT2D eigenvalue weighted by Crippen LogP contribution is -2.35. The molecule has 0 aliphatic carbocycles. The first-order valence-electron chi connectivity index (χ1n) is 4.85. The molecule has 12 heavy (non-hydrogen) atoms. The van der Waals surface area contributed by atoms with Crippen molar-refractivity contribution < 1.29 is 4.74 Å². The van der Waals surface area contributed by atoms with E-state index in [0.29, 0.717) is 6.04 Å². The Kier molecular flexibility index (Phi) is 5.04. The van der Waals surface area contributed by atoms with Crippen LogP contribution in [0, 0.1) is 0 Å². The second kappa shape index (κ2) is 6.21. The van der Waals surface area contributed by atoms with Gasteiger partial charge in [-0.25, -0.2) is 0 Å². The minimum Gasteiger partial charge on any atom is -0.381 e. The lowest BCUT2D eigenvalue weighted by molar-refractivity contribution is 0.0780. The zero-order valence-electron chi connectivity index (χ0n) is 7.72. The van der Waals surface area contributed by atoms with Crippen molar-refractivity contribution in [3.8, 4) is 0 Å². The predicted molar refractivity (Wildman–Crippen MR) is 51.3 cm³/mol. The molecule has 0 amide bonds. The third kappa shape index (κ3) is 3.88. The molecule has 70 valence electrons. The lowest BCUT2D eigenvalue weighted by atomic mass is 10.1. The fraction of sp³-hybridized carbons (Fsp3) is 0.800. The van der Waals surface area contributed by atoms with E-state index in [9.17, 15) is 0 Å². The maximum absolute atomic E-state index is 5.27. The van der Waals surface area contributed by atoms with Gasteiger partial charge in [-0.15, -0.1) is 6.58 Å². The van der Waals surface area contributed by atoms with E-state index < -0.39 is 0 Å². The van der Waals surface area contributed by atoms with E-state index in [-0.39, 0.29) is 0 Å². The van der Waals surface area contributed by atoms with Gasteiger partial charge in [0.25, 0.3) is 0 Å². The van der Waals surface area contributed by atoms with Gasteiger partial charge in [-0.05, 0) is 32.2 Å². The normalized spacial score (nSPS) is 19.3. The molecule has 1 aliphatic rings. The van der Waals surface area contributed by atoms with Gasteiger partial charge in [0, 0.05) is 19.3 Å². The number of unbranched alkanes of at least 4 members (excludes halogenated alkanes) is 1. The second-order valence-corrected chi connectivity index (χ2v) is 3.27. The molecule has 2 nitrogen and oxygen atoms in total. The molecular formula is C10H19NO. The molecule has 0 aromatic heterocycles. The van der Waals surface area contributed by atoms with Crippen molar-refractivity contribution in [2.45, 2.75) is 31.7 Å². The summed E-state index contributed by atoms with van der Waals surface area (Å²) >= 11 is 0. The number of rotatable bonds is 5. The number of ether oxygens (including phenoxy) is 1. The number of nitrogens with one attached hydrogen (secondary N) is 1. The van der Waals surface area contributed by atoms with Crippen molar-refractivity contribution >= 4 is 0 Å². The van der Waals surface area contributed by atoms with Crippen molar-refractivity contribution in [1.29, 1.82) is 0 Å². The molecule has 0 spiro atoms. The molecule has 0 aromatic rings. The molecule has 0 radical (unpaired) electrons. The van der Waals surface area contributed by atoms with Gasteiger partial charge in [-0.3, -0.25) is 0 Å². The molecule has 2 heteroatoms. The molecule has 1 rings (SSSR count). The molecule has 1 N–H and O–H groups in total. The van der Waals surface area contributed by atoms with E-state index >= 15 is 0 Å². The van der Waals surface area contributed by atoms with Crippen LogP contribution in [0.15, 0.2) is 12.7 Å². The Hall–Kier alpha value is -0.340. The summed E-state index contributed by atoms with van der Waals surface area (Å²) in [6, 6.07) is 0.698. The highest BCUT2D eigenvalue weighted by Gasteiger charge is 2.11. The Morgan fingerprint density at radius 3 is 2.83 bits per heavy atom. The van der Waals surface area contributed by atoms with Gasteiger partial charge in [0.2, 0.25) is 0 Å². The van der Waals surface area contributed by atoms with Crippen LogP contribution in [0.4, 0.5) is 0 Å². The number of allylic oxidation sites excluding steroid dienone is 1. The molecule has 0 saturated carbocycles. The van der Waals surface area contributed by atoms with E-state index in [4.69, 9.17) is 4.74 Å². The van der Waals surface area contributed by atoms with Gasteiger partial charge >= 0.3 is 0 Å². The van der Waals surface area contributed by atoms with Crippen molar-refractivity contribution in [3.63, 3.8) is 0 Å². The standard InChI is InChI=1S/C10H19NO/c1-2-3-4-7-11-10-5-8-12-9-6-10/h2,10-11H,1,3-9H2. The third-order valence-corrected chi connectivity index (χ3v) is 2.24.